The number of rotatable bonds is 2. The second-order valence-corrected chi connectivity index (χ2v) is 5.35. The number of hydrogen-bond donors (Lipinski definition) is 0. The van der Waals surface area contributed by atoms with Crippen molar-refractivity contribution < 1.29 is 13.2 Å². The fraction of sp³-hybridized carbons (Fsp3) is 0.571. The smallest absolute Gasteiger partial charge is 0.356 e. The fourth-order valence-electron chi connectivity index (χ4n) is 2.76. The van der Waals surface area contributed by atoms with Gasteiger partial charge in [0.1, 0.15) is 18.0 Å². The first-order valence-electron chi connectivity index (χ1n) is 7.12. The second kappa shape index (κ2) is 5.54. The fourth-order valence-corrected chi connectivity index (χ4v) is 2.76. The predicted octanol–water partition coefficient (Wildman–Crippen LogP) is 2.78. The molecule has 1 aromatic rings. The summed E-state index contributed by atoms with van der Waals surface area (Å²) in [5.41, 5.74) is -0.437. The van der Waals surface area contributed by atoms with E-state index in [9.17, 15) is 13.2 Å². The Bertz CT molecular complexity index is 535. The van der Waals surface area contributed by atoms with E-state index in [1.165, 1.54) is 12.4 Å². The minimum atomic E-state index is -4.21. The molecule has 0 radical (unpaired) electrons. The molecule has 2 aliphatic heterocycles. The molecule has 1 saturated heterocycles. The van der Waals surface area contributed by atoms with Crippen LogP contribution in [-0.2, 0) is 0 Å². The summed E-state index contributed by atoms with van der Waals surface area (Å²) in [6, 6.07) is 1.87. The van der Waals surface area contributed by atoms with Crippen LogP contribution in [0.4, 0.5) is 24.8 Å². The molecule has 1 fully saturated rings. The summed E-state index contributed by atoms with van der Waals surface area (Å²) < 4.78 is 37.9. The maximum atomic E-state index is 12.6. The summed E-state index contributed by atoms with van der Waals surface area (Å²) in [6.07, 6.45) is 0.847. The van der Waals surface area contributed by atoms with Gasteiger partial charge in [0.2, 0.25) is 0 Å². The highest BCUT2D eigenvalue weighted by atomic mass is 19.4. The molecule has 1 aromatic heterocycles. The van der Waals surface area contributed by atoms with Gasteiger partial charge < -0.3 is 9.80 Å². The van der Waals surface area contributed by atoms with Crippen molar-refractivity contribution in [3.05, 3.63) is 24.0 Å². The number of aromatic nitrogens is 2. The van der Waals surface area contributed by atoms with E-state index in [-0.39, 0.29) is 13.0 Å². The quantitative estimate of drug-likeness (QED) is 0.786. The molecule has 3 heterocycles. The van der Waals surface area contributed by atoms with Gasteiger partial charge in [0.05, 0.1) is 0 Å². The zero-order valence-corrected chi connectivity index (χ0v) is 11.6. The van der Waals surface area contributed by atoms with E-state index in [1.807, 2.05) is 11.0 Å². The van der Waals surface area contributed by atoms with Gasteiger partial charge in [-0.2, -0.15) is 13.2 Å². The van der Waals surface area contributed by atoms with Gasteiger partial charge in [-0.15, -0.1) is 0 Å². The van der Waals surface area contributed by atoms with Crippen LogP contribution in [-0.4, -0.2) is 42.3 Å². The van der Waals surface area contributed by atoms with Crippen molar-refractivity contribution in [3.63, 3.8) is 0 Å². The van der Waals surface area contributed by atoms with Gasteiger partial charge in [0, 0.05) is 37.8 Å². The van der Waals surface area contributed by atoms with Crippen molar-refractivity contribution in [1.29, 1.82) is 0 Å². The molecule has 0 saturated carbocycles. The van der Waals surface area contributed by atoms with E-state index in [4.69, 9.17) is 0 Å². The number of nitrogens with zero attached hydrogens (tertiary/aromatic N) is 4. The molecule has 0 amide bonds. The normalized spacial score (nSPS) is 19.9. The third kappa shape index (κ3) is 3.11. The molecule has 0 bridgehead atoms. The van der Waals surface area contributed by atoms with Crippen LogP contribution < -0.4 is 9.80 Å². The van der Waals surface area contributed by atoms with Crippen LogP contribution in [0.2, 0.25) is 0 Å². The van der Waals surface area contributed by atoms with Crippen molar-refractivity contribution >= 4 is 11.6 Å². The lowest BCUT2D eigenvalue weighted by molar-refractivity contribution is -0.0944. The van der Waals surface area contributed by atoms with Crippen molar-refractivity contribution in [1.82, 2.24) is 9.97 Å². The van der Waals surface area contributed by atoms with Crippen LogP contribution in [0, 0.1) is 0 Å². The Morgan fingerprint density at radius 3 is 2.19 bits per heavy atom. The van der Waals surface area contributed by atoms with Crippen LogP contribution >= 0.6 is 0 Å². The Labute approximate surface area is 121 Å². The third-order valence-corrected chi connectivity index (χ3v) is 3.97. The van der Waals surface area contributed by atoms with E-state index in [1.54, 1.807) is 0 Å². The molecular formula is C14H17F3N4. The standard InChI is InChI=1S/C14H17F3N4/c15-14(16,17)11-3-7-21(8-4-11)13-9-12(18-10-19-13)20-5-1-2-6-20/h3,9-10H,1-2,4-8H2. The Morgan fingerprint density at radius 1 is 0.952 bits per heavy atom. The predicted molar refractivity (Wildman–Crippen MR) is 74.4 cm³/mol. The van der Waals surface area contributed by atoms with E-state index >= 15 is 0 Å². The lowest BCUT2D eigenvalue weighted by Crippen LogP contribution is -2.32. The summed E-state index contributed by atoms with van der Waals surface area (Å²) in [6.45, 7) is 2.54. The van der Waals surface area contributed by atoms with Crippen LogP contribution in [0.3, 0.4) is 0 Å². The molecule has 3 rings (SSSR count). The van der Waals surface area contributed by atoms with E-state index in [0.717, 1.165) is 31.7 Å². The van der Waals surface area contributed by atoms with E-state index in [2.05, 4.69) is 14.9 Å². The number of hydrogen-bond acceptors (Lipinski definition) is 4. The molecule has 0 atom stereocenters. The molecule has 0 N–H and O–H groups in total. The third-order valence-electron chi connectivity index (χ3n) is 3.97. The van der Waals surface area contributed by atoms with Gasteiger partial charge >= 0.3 is 6.18 Å². The maximum absolute atomic E-state index is 12.6. The summed E-state index contributed by atoms with van der Waals surface area (Å²) in [4.78, 5) is 12.5. The highest BCUT2D eigenvalue weighted by Crippen LogP contribution is 2.31. The Kier molecular flexibility index (Phi) is 3.73. The second-order valence-electron chi connectivity index (χ2n) is 5.35. The van der Waals surface area contributed by atoms with Crippen LogP contribution in [0.1, 0.15) is 19.3 Å². The summed E-state index contributed by atoms with van der Waals surface area (Å²) >= 11 is 0. The minimum Gasteiger partial charge on any atom is -0.356 e. The largest absolute Gasteiger partial charge is 0.412 e. The average Bonchev–Trinajstić information content (AvgIpc) is 3.01. The van der Waals surface area contributed by atoms with Crippen LogP contribution in [0.15, 0.2) is 24.0 Å². The van der Waals surface area contributed by atoms with Crippen LogP contribution in [0.25, 0.3) is 0 Å². The number of alkyl halides is 3. The molecule has 0 aliphatic carbocycles. The minimum absolute atomic E-state index is 0.00650. The first kappa shape index (κ1) is 14.2. The lowest BCUT2D eigenvalue weighted by atomic mass is 10.1. The summed E-state index contributed by atoms with van der Waals surface area (Å²) in [7, 11) is 0. The molecular weight excluding hydrogens is 281 g/mol. The van der Waals surface area contributed by atoms with Crippen molar-refractivity contribution in [3.8, 4) is 0 Å². The molecule has 4 nitrogen and oxygen atoms in total. The van der Waals surface area contributed by atoms with Crippen molar-refractivity contribution in [2.45, 2.75) is 25.4 Å². The SMILES string of the molecule is FC(F)(F)C1=CCN(c2cc(N3CCCC3)ncn2)CC1. The molecule has 0 spiro atoms. The Balaban J connectivity index is 1.73. The van der Waals surface area contributed by atoms with Crippen molar-refractivity contribution in [2.75, 3.05) is 36.0 Å². The average molecular weight is 298 g/mol. The van der Waals surface area contributed by atoms with E-state index < -0.39 is 11.7 Å². The molecule has 2 aliphatic rings. The van der Waals surface area contributed by atoms with Crippen LogP contribution in [0.5, 0.6) is 0 Å². The highest BCUT2D eigenvalue weighted by Gasteiger charge is 2.35. The zero-order chi connectivity index (χ0) is 14.9. The Morgan fingerprint density at radius 2 is 1.62 bits per heavy atom. The van der Waals surface area contributed by atoms with Gasteiger partial charge in [-0.3, -0.25) is 0 Å². The summed E-state index contributed by atoms with van der Waals surface area (Å²) in [5, 5.41) is 0. The Hall–Kier alpha value is -1.79. The van der Waals surface area contributed by atoms with Gasteiger partial charge in [0.25, 0.3) is 0 Å². The number of anilines is 2. The maximum Gasteiger partial charge on any atom is 0.412 e. The van der Waals surface area contributed by atoms with Crippen molar-refractivity contribution in [2.24, 2.45) is 0 Å². The van der Waals surface area contributed by atoms with Gasteiger partial charge in [-0.1, -0.05) is 6.08 Å². The summed E-state index contributed by atoms with van der Waals surface area (Å²) in [5.74, 6) is 1.56. The van der Waals surface area contributed by atoms with Gasteiger partial charge in [-0.25, -0.2) is 9.97 Å². The van der Waals surface area contributed by atoms with Gasteiger partial charge in [-0.05, 0) is 19.3 Å². The molecule has 21 heavy (non-hydrogen) atoms. The van der Waals surface area contributed by atoms with Gasteiger partial charge in [0.15, 0.2) is 0 Å². The monoisotopic (exact) mass is 298 g/mol. The molecule has 7 heteroatoms. The molecule has 0 aromatic carbocycles. The van der Waals surface area contributed by atoms with E-state index in [0.29, 0.717) is 12.4 Å². The molecule has 0 unspecified atom stereocenters. The topological polar surface area (TPSA) is 32.3 Å². The lowest BCUT2D eigenvalue weighted by Gasteiger charge is -2.28. The highest BCUT2D eigenvalue weighted by molar-refractivity contribution is 5.51. The first-order chi connectivity index (χ1) is 10.0. The molecule has 114 valence electrons. The number of halogens is 3. The zero-order valence-electron chi connectivity index (χ0n) is 11.6. The first-order valence-corrected chi connectivity index (χ1v) is 7.12.